The fourth-order valence-corrected chi connectivity index (χ4v) is 4.23. The van der Waals surface area contributed by atoms with Crippen molar-refractivity contribution < 1.29 is 14.3 Å². The Labute approximate surface area is 137 Å². The third-order valence-electron chi connectivity index (χ3n) is 3.25. The van der Waals surface area contributed by atoms with Crippen LogP contribution >= 0.6 is 38.9 Å². The third-order valence-corrected chi connectivity index (χ3v) is 5.22. The van der Waals surface area contributed by atoms with Crippen molar-refractivity contribution in [2.24, 2.45) is 0 Å². The van der Waals surface area contributed by atoms with E-state index in [2.05, 4.69) is 26.2 Å². The van der Waals surface area contributed by atoms with E-state index < -0.39 is 17.7 Å². The lowest BCUT2D eigenvalue weighted by Gasteiger charge is -2.08. The molecule has 0 radical (unpaired) electrons. The summed E-state index contributed by atoms with van der Waals surface area (Å²) in [4.78, 5) is 16.5. The van der Waals surface area contributed by atoms with Gasteiger partial charge in [0.15, 0.2) is 5.13 Å². The molecule has 0 spiro atoms. The summed E-state index contributed by atoms with van der Waals surface area (Å²) in [6.45, 7) is 0. The van der Waals surface area contributed by atoms with Crippen LogP contribution in [0.5, 0.6) is 0 Å². The molecular weight excluding hydrogens is 383 g/mol. The van der Waals surface area contributed by atoms with Crippen molar-refractivity contribution in [1.29, 1.82) is 0 Å². The molecule has 110 valence electrons. The van der Waals surface area contributed by atoms with Crippen LogP contribution in [0.3, 0.4) is 0 Å². The molecule has 1 heterocycles. The highest BCUT2D eigenvalue weighted by molar-refractivity contribution is 9.10. The van der Waals surface area contributed by atoms with Gasteiger partial charge in [0.25, 0.3) is 0 Å². The van der Waals surface area contributed by atoms with Crippen LogP contribution in [-0.2, 0) is 11.2 Å². The minimum absolute atomic E-state index is 0.229. The Morgan fingerprint density at radius 2 is 2.33 bits per heavy atom. The molecule has 1 atom stereocenters. The van der Waals surface area contributed by atoms with Gasteiger partial charge in [0.2, 0.25) is 0 Å². The molecule has 21 heavy (non-hydrogen) atoms. The maximum Gasteiger partial charge on any atom is 0.312 e. The van der Waals surface area contributed by atoms with Gasteiger partial charge < -0.3 is 10.4 Å². The summed E-state index contributed by atoms with van der Waals surface area (Å²) in [7, 11) is 0. The second-order valence-corrected chi connectivity index (χ2v) is 6.97. The van der Waals surface area contributed by atoms with E-state index in [0.717, 1.165) is 4.88 Å². The molecule has 4 nitrogen and oxygen atoms in total. The number of nitrogens with zero attached hydrogens (tertiary/aromatic N) is 1. The second kappa shape index (κ2) is 5.55. The number of fused-ring (bicyclic) bond motifs is 1. The first-order valence-electron chi connectivity index (χ1n) is 6.09. The summed E-state index contributed by atoms with van der Waals surface area (Å²) in [6, 6.07) is 2.51. The number of carbonyl (C=O) groups is 1. The first kappa shape index (κ1) is 14.7. The number of aromatic nitrogens is 1. The number of halogens is 3. The van der Waals surface area contributed by atoms with Crippen molar-refractivity contribution in [1.82, 2.24) is 4.98 Å². The Balaban J connectivity index is 1.91. The number of hydrogen-bond donors (Lipinski definition) is 2. The minimum atomic E-state index is -0.855. The Morgan fingerprint density at radius 1 is 1.57 bits per heavy atom. The highest BCUT2D eigenvalue weighted by Gasteiger charge is 2.32. The highest BCUT2D eigenvalue weighted by Crippen LogP contribution is 2.41. The predicted octanol–water partition coefficient (Wildman–Crippen LogP) is 4.56. The van der Waals surface area contributed by atoms with Crippen molar-refractivity contribution in [2.45, 2.75) is 18.8 Å². The lowest BCUT2D eigenvalue weighted by Crippen LogP contribution is -2.08. The summed E-state index contributed by atoms with van der Waals surface area (Å²) >= 11 is 10.7. The molecule has 0 saturated heterocycles. The van der Waals surface area contributed by atoms with Gasteiger partial charge in [-0.1, -0.05) is 11.6 Å². The Kier molecular flexibility index (Phi) is 3.90. The van der Waals surface area contributed by atoms with Gasteiger partial charge in [-0.2, -0.15) is 0 Å². The molecule has 1 aliphatic rings. The minimum Gasteiger partial charge on any atom is -0.481 e. The van der Waals surface area contributed by atoms with E-state index in [1.807, 2.05) is 0 Å². The molecule has 0 saturated carbocycles. The van der Waals surface area contributed by atoms with E-state index >= 15 is 0 Å². The summed E-state index contributed by atoms with van der Waals surface area (Å²) in [5.41, 5.74) is 1.13. The lowest BCUT2D eigenvalue weighted by molar-refractivity contribution is -0.138. The number of benzene rings is 1. The molecular formula is C13H9BrClFN2O2S. The summed E-state index contributed by atoms with van der Waals surface area (Å²) in [5.74, 6) is -1.84. The summed E-state index contributed by atoms with van der Waals surface area (Å²) in [5, 5.41) is 13.0. The molecule has 0 aliphatic heterocycles. The molecule has 1 unspecified atom stereocenters. The van der Waals surface area contributed by atoms with Gasteiger partial charge in [-0.15, -0.1) is 11.3 Å². The van der Waals surface area contributed by atoms with Crippen LogP contribution in [0.4, 0.5) is 15.2 Å². The van der Waals surface area contributed by atoms with Crippen LogP contribution < -0.4 is 5.32 Å². The number of anilines is 2. The largest absolute Gasteiger partial charge is 0.481 e. The van der Waals surface area contributed by atoms with Gasteiger partial charge >= 0.3 is 5.97 Å². The van der Waals surface area contributed by atoms with Crippen molar-refractivity contribution in [2.75, 3.05) is 5.32 Å². The number of thiazole rings is 1. The standard InChI is InChI=1S/C13H9BrClFN2O2S/c14-7-3-5(16)4-8(15)11(7)18-13-17-10-6(12(19)20)1-2-9(10)21-13/h3-4,6H,1-2H2,(H,17,18)(H,19,20). The van der Waals surface area contributed by atoms with Crippen LogP contribution in [0.1, 0.15) is 22.9 Å². The zero-order valence-electron chi connectivity index (χ0n) is 10.5. The van der Waals surface area contributed by atoms with E-state index in [4.69, 9.17) is 16.7 Å². The molecule has 1 aliphatic carbocycles. The number of hydrogen-bond acceptors (Lipinski definition) is 4. The predicted molar refractivity (Wildman–Crippen MR) is 83.2 cm³/mol. The molecule has 0 bridgehead atoms. The summed E-state index contributed by atoms with van der Waals surface area (Å²) < 4.78 is 13.7. The normalized spacial score (nSPS) is 16.8. The van der Waals surface area contributed by atoms with E-state index in [-0.39, 0.29) is 5.02 Å². The maximum absolute atomic E-state index is 13.2. The molecule has 0 amide bonds. The van der Waals surface area contributed by atoms with Gasteiger partial charge in [0.05, 0.1) is 16.4 Å². The monoisotopic (exact) mass is 390 g/mol. The van der Waals surface area contributed by atoms with Crippen LogP contribution in [0, 0.1) is 5.82 Å². The van der Waals surface area contributed by atoms with Crippen LogP contribution in [0.25, 0.3) is 0 Å². The SMILES string of the molecule is O=C(O)C1CCc2sc(Nc3c(Cl)cc(F)cc3Br)nc21. The molecule has 2 aromatic rings. The molecule has 1 aromatic heterocycles. The second-order valence-electron chi connectivity index (χ2n) is 4.63. The Hall–Kier alpha value is -1.18. The van der Waals surface area contributed by atoms with Crippen molar-refractivity contribution in [3.63, 3.8) is 0 Å². The van der Waals surface area contributed by atoms with Crippen molar-refractivity contribution >= 4 is 55.7 Å². The smallest absolute Gasteiger partial charge is 0.312 e. The fourth-order valence-electron chi connectivity index (χ4n) is 2.29. The van der Waals surface area contributed by atoms with Gasteiger partial charge in [-0.05, 0) is 40.9 Å². The number of carboxylic acid groups (broad SMARTS) is 1. The molecule has 0 fully saturated rings. The molecule has 3 rings (SSSR count). The van der Waals surface area contributed by atoms with E-state index in [1.54, 1.807) is 0 Å². The van der Waals surface area contributed by atoms with Gasteiger partial charge in [0, 0.05) is 9.35 Å². The molecule has 1 aromatic carbocycles. The number of nitrogens with one attached hydrogen (secondary N) is 1. The van der Waals surface area contributed by atoms with Crippen molar-refractivity contribution in [3.05, 3.63) is 38.0 Å². The first-order valence-corrected chi connectivity index (χ1v) is 8.08. The zero-order valence-corrected chi connectivity index (χ0v) is 13.6. The average Bonchev–Trinajstić information content (AvgIpc) is 2.92. The van der Waals surface area contributed by atoms with Gasteiger partial charge in [0.1, 0.15) is 11.7 Å². The quantitative estimate of drug-likeness (QED) is 0.805. The van der Waals surface area contributed by atoms with Gasteiger partial charge in [-0.3, -0.25) is 4.79 Å². The maximum atomic E-state index is 13.2. The Morgan fingerprint density at radius 3 is 3.00 bits per heavy atom. The third kappa shape index (κ3) is 2.77. The van der Waals surface area contributed by atoms with Crippen LogP contribution in [-0.4, -0.2) is 16.1 Å². The molecule has 8 heteroatoms. The Bertz CT molecular complexity index is 714. The van der Waals surface area contributed by atoms with E-state index in [1.165, 1.54) is 23.5 Å². The average molecular weight is 392 g/mol. The highest BCUT2D eigenvalue weighted by atomic mass is 79.9. The first-order chi connectivity index (χ1) is 9.95. The topological polar surface area (TPSA) is 62.2 Å². The van der Waals surface area contributed by atoms with E-state index in [0.29, 0.717) is 33.8 Å². The molecule has 2 N–H and O–H groups in total. The number of rotatable bonds is 3. The van der Waals surface area contributed by atoms with Crippen LogP contribution in [0.15, 0.2) is 16.6 Å². The fraction of sp³-hybridized carbons (Fsp3) is 0.231. The van der Waals surface area contributed by atoms with Crippen LogP contribution in [0.2, 0.25) is 5.02 Å². The van der Waals surface area contributed by atoms with E-state index in [9.17, 15) is 9.18 Å². The number of aliphatic carboxylic acids is 1. The zero-order chi connectivity index (χ0) is 15.1. The van der Waals surface area contributed by atoms with Gasteiger partial charge in [-0.25, -0.2) is 9.37 Å². The number of aryl methyl sites for hydroxylation is 1. The number of carboxylic acids is 1. The van der Waals surface area contributed by atoms with Crippen molar-refractivity contribution in [3.8, 4) is 0 Å². The lowest BCUT2D eigenvalue weighted by atomic mass is 10.1. The summed E-state index contributed by atoms with van der Waals surface area (Å²) in [6.07, 6.45) is 1.30.